The molecule has 0 bridgehead atoms. The van der Waals surface area contributed by atoms with Crippen molar-refractivity contribution in [2.45, 2.75) is 19.0 Å². The van der Waals surface area contributed by atoms with Gasteiger partial charge in [-0.1, -0.05) is 66.4 Å². The van der Waals surface area contributed by atoms with Gasteiger partial charge in [0, 0.05) is 12.6 Å². The Balaban J connectivity index is 1.45. The number of hydrogen-bond donors (Lipinski definition) is 0. The molecule has 1 atom stereocenters. The van der Waals surface area contributed by atoms with Gasteiger partial charge in [0.2, 0.25) is 0 Å². The van der Waals surface area contributed by atoms with Crippen LogP contribution in [0.25, 0.3) is 0 Å². The Morgan fingerprint density at radius 2 is 1.94 bits per heavy atom. The molecule has 0 N–H and O–H groups in total. The molecule has 8 heteroatoms. The fourth-order valence-electron chi connectivity index (χ4n) is 3.85. The number of ether oxygens (including phenoxy) is 1. The number of methoxy groups -OCH3 is 1. The summed E-state index contributed by atoms with van der Waals surface area (Å²) in [7, 11) is 1.65. The molecule has 2 aromatic carbocycles. The molecule has 5 rings (SSSR count). The fourth-order valence-corrected chi connectivity index (χ4v) is 5.07. The quantitative estimate of drug-likeness (QED) is 0.354. The van der Waals surface area contributed by atoms with Crippen LogP contribution in [0.15, 0.2) is 93.6 Å². The number of benzene rings is 2. The van der Waals surface area contributed by atoms with Gasteiger partial charge >= 0.3 is 0 Å². The topological polar surface area (TPSA) is 58.3 Å². The van der Waals surface area contributed by atoms with Crippen molar-refractivity contribution in [2.24, 2.45) is 5.10 Å². The largest absolute Gasteiger partial charge is 0.497 e. The van der Waals surface area contributed by atoms with Gasteiger partial charge in [-0.2, -0.15) is 5.10 Å². The smallest absolute Gasteiger partial charge is 0.268 e. The second kappa shape index (κ2) is 9.25. The molecule has 0 aliphatic carbocycles. The van der Waals surface area contributed by atoms with Gasteiger partial charge in [-0.25, -0.2) is 0 Å². The van der Waals surface area contributed by atoms with Gasteiger partial charge in [0.15, 0.2) is 0 Å². The summed E-state index contributed by atoms with van der Waals surface area (Å²) < 4.78 is 11.2. The number of nitrogens with zero attached hydrogens (tertiary/aromatic N) is 3. The highest BCUT2D eigenvalue weighted by atomic mass is 32.2. The predicted molar refractivity (Wildman–Crippen MR) is 133 cm³/mol. The van der Waals surface area contributed by atoms with Gasteiger partial charge in [-0.05, 0) is 35.4 Å². The van der Waals surface area contributed by atoms with Gasteiger partial charge in [-0.15, -0.1) is 0 Å². The van der Waals surface area contributed by atoms with Gasteiger partial charge in [0.1, 0.15) is 15.8 Å². The summed E-state index contributed by atoms with van der Waals surface area (Å²) in [6.45, 7) is 0.315. The maximum atomic E-state index is 13.1. The molecule has 33 heavy (non-hydrogen) atoms. The van der Waals surface area contributed by atoms with E-state index in [2.05, 4.69) is 12.1 Å². The Kier molecular flexibility index (Phi) is 6.02. The molecule has 3 aromatic rings. The molecule has 6 nitrogen and oxygen atoms in total. The van der Waals surface area contributed by atoms with Crippen LogP contribution in [-0.4, -0.2) is 33.0 Å². The molecule has 1 amide bonds. The summed E-state index contributed by atoms with van der Waals surface area (Å²) in [4.78, 5) is 15.2. The number of thiocarbonyl (C=S) groups is 1. The number of thioether (sulfide) groups is 1. The van der Waals surface area contributed by atoms with Crippen molar-refractivity contribution in [1.29, 1.82) is 0 Å². The summed E-state index contributed by atoms with van der Waals surface area (Å²) >= 11 is 6.76. The van der Waals surface area contributed by atoms with E-state index in [0.717, 1.165) is 29.0 Å². The first-order valence-corrected chi connectivity index (χ1v) is 11.7. The molecule has 166 valence electrons. The van der Waals surface area contributed by atoms with Crippen LogP contribution in [-0.2, 0) is 11.3 Å². The highest BCUT2D eigenvalue weighted by Crippen LogP contribution is 2.38. The van der Waals surface area contributed by atoms with E-state index in [1.807, 2.05) is 59.7 Å². The average molecular weight is 476 g/mol. The fraction of sp³-hybridized carbons (Fsp3) is 0.160. The van der Waals surface area contributed by atoms with Crippen molar-refractivity contribution < 1.29 is 13.9 Å². The zero-order valence-electron chi connectivity index (χ0n) is 17.9. The lowest BCUT2D eigenvalue weighted by molar-refractivity contribution is -0.122. The van der Waals surface area contributed by atoms with E-state index in [1.54, 1.807) is 24.3 Å². The SMILES string of the molecule is COc1ccc(C2CC(c3ccccc3)=NN2/C=C2\SC(=S)N(Cc3ccco3)C2=O)cc1. The third kappa shape index (κ3) is 4.44. The number of amides is 1. The first-order valence-electron chi connectivity index (χ1n) is 10.5. The number of hydrazone groups is 1. The minimum atomic E-state index is -0.141. The molecule has 1 aromatic heterocycles. The van der Waals surface area contributed by atoms with Gasteiger partial charge in [-0.3, -0.25) is 14.7 Å². The Morgan fingerprint density at radius 1 is 1.15 bits per heavy atom. The standard InChI is InChI=1S/C25H21N3O3S2/c1-30-19-11-9-18(10-12-19)22-14-21(17-6-3-2-4-7-17)26-28(22)16-23-24(29)27(25(32)33-23)15-20-8-5-13-31-20/h2-13,16,22H,14-15H2,1H3/b23-16-. The van der Waals surface area contributed by atoms with E-state index in [-0.39, 0.29) is 11.9 Å². The minimum Gasteiger partial charge on any atom is -0.497 e. The summed E-state index contributed by atoms with van der Waals surface area (Å²) in [5, 5.41) is 6.76. The van der Waals surface area contributed by atoms with Crippen LogP contribution in [0.5, 0.6) is 5.75 Å². The van der Waals surface area contributed by atoms with Crippen molar-refractivity contribution in [1.82, 2.24) is 9.91 Å². The summed E-state index contributed by atoms with van der Waals surface area (Å²) in [6, 6.07) is 21.6. The second-order valence-corrected chi connectivity index (χ2v) is 9.29. The normalized spacial score (nSPS) is 19.5. The lowest BCUT2D eigenvalue weighted by Gasteiger charge is -2.21. The van der Waals surface area contributed by atoms with Crippen molar-refractivity contribution in [3.8, 4) is 5.75 Å². The second-order valence-electron chi connectivity index (χ2n) is 7.62. The molecule has 0 radical (unpaired) electrons. The molecule has 1 fully saturated rings. The minimum absolute atomic E-state index is 0.0419. The highest BCUT2D eigenvalue weighted by Gasteiger charge is 2.35. The van der Waals surface area contributed by atoms with Crippen molar-refractivity contribution >= 4 is 39.9 Å². The van der Waals surface area contributed by atoms with E-state index >= 15 is 0 Å². The average Bonchev–Trinajstić information content (AvgIpc) is 3.57. The lowest BCUT2D eigenvalue weighted by Crippen LogP contribution is -2.27. The molecule has 2 aliphatic rings. The first kappa shape index (κ1) is 21.5. The van der Waals surface area contributed by atoms with Crippen LogP contribution in [0.1, 0.15) is 29.3 Å². The van der Waals surface area contributed by atoms with Gasteiger partial charge in [0.25, 0.3) is 5.91 Å². The number of carbonyl (C=O) groups excluding carboxylic acids is 1. The predicted octanol–water partition coefficient (Wildman–Crippen LogP) is 5.34. The van der Waals surface area contributed by atoms with E-state index in [4.69, 9.17) is 26.5 Å². The molecule has 0 spiro atoms. The number of hydrogen-bond acceptors (Lipinski definition) is 7. The van der Waals surface area contributed by atoms with Crippen LogP contribution >= 0.6 is 24.0 Å². The first-order chi connectivity index (χ1) is 16.1. The monoisotopic (exact) mass is 475 g/mol. The molecule has 1 saturated heterocycles. The van der Waals surface area contributed by atoms with Crippen LogP contribution in [0, 0.1) is 0 Å². The highest BCUT2D eigenvalue weighted by molar-refractivity contribution is 8.26. The zero-order valence-corrected chi connectivity index (χ0v) is 19.5. The Bertz CT molecular complexity index is 1220. The van der Waals surface area contributed by atoms with E-state index in [1.165, 1.54) is 11.8 Å². The third-order valence-corrected chi connectivity index (χ3v) is 6.93. The van der Waals surface area contributed by atoms with E-state index < -0.39 is 0 Å². The molecular formula is C25H21N3O3S2. The lowest BCUT2D eigenvalue weighted by atomic mass is 9.98. The van der Waals surface area contributed by atoms with Crippen molar-refractivity contribution in [3.63, 3.8) is 0 Å². The maximum absolute atomic E-state index is 13.1. The Labute approximate surface area is 201 Å². The van der Waals surface area contributed by atoms with E-state index in [0.29, 0.717) is 21.5 Å². The van der Waals surface area contributed by atoms with Crippen molar-refractivity contribution in [3.05, 3.63) is 101 Å². The number of rotatable bonds is 6. The summed E-state index contributed by atoms with van der Waals surface area (Å²) in [5.41, 5.74) is 3.13. The summed E-state index contributed by atoms with van der Waals surface area (Å²) in [5.74, 6) is 1.35. The molecule has 1 unspecified atom stereocenters. The van der Waals surface area contributed by atoms with Crippen LogP contribution in [0.2, 0.25) is 0 Å². The molecule has 2 aliphatic heterocycles. The van der Waals surface area contributed by atoms with Gasteiger partial charge < -0.3 is 9.15 Å². The Morgan fingerprint density at radius 3 is 2.64 bits per heavy atom. The molecule has 0 saturated carbocycles. The van der Waals surface area contributed by atoms with Crippen LogP contribution in [0.4, 0.5) is 0 Å². The van der Waals surface area contributed by atoms with Crippen molar-refractivity contribution in [2.75, 3.05) is 7.11 Å². The molecule has 3 heterocycles. The van der Waals surface area contributed by atoms with E-state index in [9.17, 15) is 4.79 Å². The Hall–Kier alpha value is -3.36. The number of carbonyl (C=O) groups is 1. The third-order valence-electron chi connectivity index (χ3n) is 5.57. The van der Waals surface area contributed by atoms with Crippen LogP contribution < -0.4 is 4.74 Å². The number of furan rings is 1. The zero-order chi connectivity index (χ0) is 22.8. The molecular weight excluding hydrogens is 454 g/mol. The maximum Gasteiger partial charge on any atom is 0.268 e. The summed E-state index contributed by atoms with van der Waals surface area (Å²) in [6.07, 6.45) is 4.12. The van der Waals surface area contributed by atoms with Gasteiger partial charge in [0.05, 0.1) is 36.6 Å². The van der Waals surface area contributed by atoms with Crippen LogP contribution in [0.3, 0.4) is 0 Å².